The van der Waals surface area contributed by atoms with Gasteiger partial charge in [0.15, 0.2) is 5.96 Å². The van der Waals surface area contributed by atoms with Gasteiger partial charge in [-0.1, -0.05) is 12.1 Å². The first kappa shape index (κ1) is 20.1. The molecule has 5 nitrogen and oxygen atoms in total. The predicted molar refractivity (Wildman–Crippen MR) is 99.7 cm³/mol. The van der Waals surface area contributed by atoms with Gasteiger partial charge in [-0.15, -0.1) is 24.0 Å². The highest BCUT2D eigenvalue weighted by molar-refractivity contribution is 14.0. The lowest BCUT2D eigenvalue weighted by molar-refractivity contribution is 0.176. The number of hydrogen-bond acceptors (Lipinski definition) is 3. The molecule has 1 aromatic rings. The van der Waals surface area contributed by atoms with E-state index in [0.29, 0.717) is 18.0 Å². The lowest BCUT2D eigenvalue weighted by Crippen LogP contribution is -2.42. The molecular formula is C16H25FIN3O2. The molecule has 2 atom stereocenters. The molecule has 0 saturated carbocycles. The van der Waals surface area contributed by atoms with Gasteiger partial charge in [0.05, 0.1) is 12.7 Å². The zero-order valence-corrected chi connectivity index (χ0v) is 15.9. The van der Waals surface area contributed by atoms with Gasteiger partial charge in [0, 0.05) is 39.7 Å². The topological polar surface area (TPSA) is 57.1 Å². The summed E-state index contributed by atoms with van der Waals surface area (Å²) in [6, 6.07) is 5.87. The quantitative estimate of drug-likeness (QED) is 0.421. The van der Waals surface area contributed by atoms with Gasteiger partial charge in [-0.3, -0.25) is 4.99 Å². The number of guanidine groups is 1. The van der Waals surface area contributed by atoms with E-state index in [4.69, 9.17) is 4.74 Å². The fourth-order valence-corrected chi connectivity index (χ4v) is 2.58. The number of rotatable bonds is 5. The van der Waals surface area contributed by atoms with Gasteiger partial charge in [-0.25, -0.2) is 4.39 Å². The highest BCUT2D eigenvalue weighted by atomic mass is 127. The number of aliphatic hydroxyl groups excluding tert-OH is 1. The lowest BCUT2D eigenvalue weighted by atomic mass is 10.1. The molecule has 1 heterocycles. The molecule has 0 bridgehead atoms. The standard InChI is InChI=1S/C16H24FN3O2.HI/c1-18-16(20(2)10-12-7-8-22-11-12)19-9-15(21)13-3-5-14(17)6-4-13;/h3-6,12,15,21H,7-11H2,1-2H3,(H,18,19);1H. The minimum absolute atomic E-state index is 0. The van der Waals surface area contributed by atoms with Crippen LogP contribution in [0, 0.1) is 11.7 Å². The van der Waals surface area contributed by atoms with E-state index in [9.17, 15) is 9.50 Å². The Morgan fingerprint density at radius 1 is 1.48 bits per heavy atom. The van der Waals surface area contributed by atoms with E-state index in [1.165, 1.54) is 12.1 Å². The molecule has 1 aliphatic rings. The van der Waals surface area contributed by atoms with Crippen molar-refractivity contribution >= 4 is 29.9 Å². The number of aliphatic imine (C=N–C) groups is 1. The zero-order chi connectivity index (χ0) is 15.9. The smallest absolute Gasteiger partial charge is 0.193 e. The van der Waals surface area contributed by atoms with Crippen LogP contribution in [0.15, 0.2) is 29.3 Å². The van der Waals surface area contributed by atoms with Crippen LogP contribution >= 0.6 is 24.0 Å². The first-order valence-electron chi connectivity index (χ1n) is 7.53. The molecule has 0 radical (unpaired) electrons. The molecule has 0 amide bonds. The van der Waals surface area contributed by atoms with E-state index in [1.807, 2.05) is 11.9 Å². The third kappa shape index (κ3) is 6.23. The van der Waals surface area contributed by atoms with Gasteiger partial charge in [-0.2, -0.15) is 0 Å². The monoisotopic (exact) mass is 437 g/mol. The summed E-state index contributed by atoms with van der Waals surface area (Å²) in [5, 5.41) is 13.3. The molecule has 1 saturated heterocycles. The Hall–Kier alpha value is -0.930. The molecule has 130 valence electrons. The molecule has 2 unspecified atom stereocenters. The molecule has 1 fully saturated rings. The van der Waals surface area contributed by atoms with Gasteiger partial charge < -0.3 is 20.1 Å². The maximum absolute atomic E-state index is 12.9. The number of aliphatic hydroxyl groups is 1. The summed E-state index contributed by atoms with van der Waals surface area (Å²) in [6.07, 6.45) is 0.361. The van der Waals surface area contributed by atoms with Crippen molar-refractivity contribution < 1.29 is 14.2 Å². The number of halogens is 2. The molecule has 7 heteroatoms. The van der Waals surface area contributed by atoms with Crippen molar-refractivity contribution in [3.8, 4) is 0 Å². The maximum Gasteiger partial charge on any atom is 0.193 e. The van der Waals surface area contributed by atoms with Crippen LogP contribution in [-0.4, -0.2) is 56.4 Å². The number of nitrogens with one attached hydrogen (secondary N) is 1. The Morgan fingerprint density at radius 2 is 2.17 bits per heavy atom. The van der Waals surface area contributed by atoms with Crippen molar-refractivity contribution in [2.24, 2.45) is 10.9 Å². The number of nitrogens with zero attached hydrogens (tertiary/aromatic N) is 2. The molecule has 1 aromatic carbocycles. The Labute approximate surface area is 153 Å². The molecule has 23 heavy (non-hydrogen) atoms. The Balaban J connectivity index is 0.00000264. The van der Waals surface area contributed by atoms with E-state index in [1.54, 1.807) is 19.2 Å². The maximum atomic E-state index is 12.9. The number of ether oxygens (including phenoxy) is 1. The van der Waals surface area contributed by atoms with Crippen molar-refractivity contribution in [1.82, 2.24) is 10.2 Å². The largest absolute Gasteiger partial charge is 0.387 e. The summed E-state index contributed by atoms with van der Waals surface area (Å²) in [7, 11) is 3.69. The van der Waals surface area contributed by atoms with E-state index in [2.05, 4.69) is 10.3 Å². The van der Waals surface area contributed by atoms with Crippen LogP contribution in [0.1, 0.15) is 18.1 Å². The highest BCUT2D eigenvalue weighted by Gasteiger charge is 2.19. The van der Waals surface area contributed by atoms with Gasteiger partial charge in [0.2, 0.25) is 0 Å². The minimum atomic E-state index is -0.708. The van der Waals surface area contributed by atoms with E-state index in [-0.39, 0.29) is 29.8 Å². The fraction of sp³-hybridized carbons (Fsp3) is 0.562. The summed E-state index contributed by atoms with van der Waals surface area (Å²) in [5.74, 6) is 0.942. The second-order valence-electron chi connectivity index (χ2n) is 5.61. The Morgan fingerprint density at radius 3 is 2.74 bits per heavy atom. The summed E-state index contributed by atoms with van der Waals surface area (Å²) in [6.45, 7) is 2.81. The third-order valence-corrected chi connectivity index (χ3v) is 3.84. The molecule has 2 rings (SSSR count). The molecular weight excluding hydrogens is 412 g/mol. The molecule has 0 spiro atoms. The minimum Gasteiger partial charge on any atom is -0.387 e. The van der Waals surface area contributed by atoms with Crippen LogP contribution in [0.25, 0.3) is 0 Å². The molecule has 0 aliphatic carbocycles. The molecule has 0 aromatic heterocycles. The average molecular weight is 437 g/mol. The predicted octanol–water partition coefficient (Wildman–Crippen LogP) is 2.02. The first-order valence-corrected chi connectivity index (χ1v) is 7.53. The second-order valence-corrected chi connectivity index (χ2v) is 5.61. The van der Waals surface area contributed by atoms with Gasteiger partial charge >= 0.3 is 0 Å². The molecule has 1 aliphatic heterocycles. The van der Waals surface area contributed by atoms with Crippen molar-refractivity contribution in [3.63, 3.8) is 0 Å². The lowest BCUT2D eigenvalue weighted by Gasteiger charge is -2.25. The van der Waals surface area contributed by atoms with Crippen LogP contribution in [0.4, 0.5) is 4.39 Å². The van der Waals surface area contributed by atoms with Crippen LogP contribution in [-0.2, 0) is 4.74 Å². The number of hydrogen-bond donors (Lipinski definition) is 2. The van der Waals surface area contributed by atoms with Crippen LogP contribution in [0.2, 0.25) is 0 Å². The van der Waals surface area contributed by atoms with Crippen molar-refractivity contribution in [3.05, 3.63) is 35.6 Å². The van der Waals surface area contributed by atoms with E-state index < -0.39 is 6.10 Å². The average Bonchev–Trinajstić information content (AvgIpc) is 3.01. The normalized spacial score (nSPS) is 19.1. The second kappa shape index (κ2) is 10.0. The SMILES string of the molecule is CN=C(NCC(O)c1ccc(F)cc1)N(C)CC1CCOC1.I. The van der Waals surface area contributed by atoms with Crippen molar-refractivity contribution in [2.75, 3.05) is 40.4 Å². The van der Waals surface area contributed by atoms with Crippen molar-refractivity contribution in [1.29, 1.82) is 0 Å². The number of benzene rings is 1. The highest BCUT2D eigenvalue weighted by Crippen LogP contribution is 2.14. The van der Waals surface area contributed by atoms with E-state index >= 15 is 0 Å². The Bertz CT molecular complexity index is 493. The van der Waals surface area contributed by atoms with Crippen LogP contribution in [0.3, 0.4) is 0 Å². The van der Waals surface area contributed by atoms with Crippen LogP contribution < -0.4 is 5.32 Å². The summed E-state index contributed by atoms with van der Waals surface area (Å²) in [5.41, 5.74) is 0.677. The fourth-order valence-electron chi connectivity index (χ4n) is 2.58. The summed E-state index contributed by atoms with van der Waals surface area (Å²) >= 11 is 0. The summed E-state index contributed by atoms with van der Waals surface area (Å²) in [4.78, 5) is 6.27. The van der Waals surface area contributed by atoms with Crippen molar-refractivity contribution in [2.45, 2.75) is 12.5 Å². The van der Waals surface area contributed by atoms with Gasteiger partial charge in [0.1, 0.15) is 5.82 Å². The van der Waals surface area contributed by atoms with E-state index in [0.717, 1.165) is 32.1 Å². The third-order valence-electron chi connectivity index (χ3n) is 3.84. The summed E-state index contributed by atoms with van der Waals surface area (Å²) < 4.78 is 18.3. The zero-order valence-electron chi connectivity index (χ0n) is 13.5. The van der Waals surface area contributed by atoms with Gasteiger partial charge in [-0.05, 0) is 24.1 Å². The molecule has 2 N–H and O–H groups in total. The van der Waals surface area contributed by atoms with Crippen LogP contribution in [0.5, 0.6) is 0 Å². The van der Waals surface area contributed by atoms with Gasteiger partial charge in [0.25, 0.3) is 0 Å². The first-order chi connectivity index (χ1) is 10.6. The Kier molecular flexibility index (Phi) is 8.78.